The molecule has 0 spiro atoms. The molecule has 0 heterocycles. The SMILES string of the molecule is CC(C)(C)N=NC1CCC1C#N. The molecule has 0 aliphatic heterocycles. The molecule has 0 aromatic rings. The molecule has 0 radical (unpaired) electrons. The maximum absolute atomic E-state index is 8.63. The van der Waals surface area contributed by atoms with Gasteiger partial charge >= 0.3 is 0 Å². The number of nitrogens with zero attached hydrogens (tertiary/aromatic N) is 3. The maximum atomic E-state index is 8.63. The zero-order valence-corrected chi connectivity index (χ0v) is 7.91. The van der Waals surface area contributed by atoms with E-state index in [9.17, 15) is 0 Å². The van der Waals surface area contributed by atoms with Gasteiger partial charge in [-0.15, -0.1) is 0 Å². The van der Waals surface area contributed by atoms with Crippen LogP contribution in [0.5, 0.6) is 0 Å². The Bertz CT molecular complexity index is 219. The fourth-order valence-corrected chi connectivity index (χ4v) is 1.02. The van der Waals surface area contributed by atoms with Gasteiger partial charge in [0.2, 0.25) is 0 Å². The number of hydrogen-bond acceptors (Lipinski definition) is 3. The van der Waals surface area contributed by atoms with Crippen LogP contribution >= 0.6 is 0 Å². The van der Waals surface area contributed by atoms with Crippen molar-refractivity contribution in [1.29, 1.82) is 5.26 Å². The van der Waals surface area contributed by atoms with Crippen LogP contribution in [-0.2, 0) is 0 Å². The molecule has 1 aliphatic carbocycles. The zero-order valence-electron chi connectivity index (χ0n) is 7.91. The second-order valence-corrected chi connectivity index (χ2v) is 4.27. The van der Waals surface area contributed by atoms with Crippen molar-refractivity contribution in [2.45, 2.75) is 45.2 Å². The first-order valence-electron chi connectivity index (χ1n) is 4.34. The van der Waals surface area contributed by atoms with E-state index in [1.165, 1.54) is 0 Å². The van der Waals surface area contributed by atoms with Gasteiger partial charge in [0, 0.05) is 0 Å². The van der Waals surface area contributed by atoms with Gasteiger partial charge in [0.25, 0.3) is 0 Å². The number of nitriles is 1. The first kappa shape index (κ1) is 9.18. The van der Waals surface area contributed by atoms with E-state index in [1.54, 1.807) is 0 Å². The maximum Gasteiger partial charge on any atom is 0.0866 e. The minimum Gasteiger partial charge on any atom is -0.198 e. The monoisotopic (exact) mass is 165 g/mol. The second kappa shape index (κ2) is 3.22. The van der Waals surface area contributed by atoms with E-state index in [4.69, 9.17) is 5.26 Å². The molecule has 1 fully saturated rings. The van der Waals surface area contributed by atoms with Crippen LogP contribution in [0.25, 0.3) is 0 Å². The first-order valence-corrected chi connectivity index (χ1v) is 4.34. The van der Waals surface area contributed by atoms with E-state index in [0.717, 1.165) is 12.8 Å². The van der Waals surface area contributed by atoms with E-state index in [1.807, 2.05) is 20.8 Å². The van der Waals surface area contributed by atoms with Crippen LogP contribution < -0.4 is 0 Å². The summed E-state index contributed by atoms with van der Waals surface area (Å²) in [4.78, 5) is 0. The molecule has 1 rings (SSSR count). The molecule has 12 heavy (non-hydrogen) atoms. The highest BCUT2D eigenvalue weighted by Crippen LogP contribution is 2.30. The predicted octanol–water partition coefficient (Wildman–Crippen LogP) is 2.54. The van der Waals surface area contributed by atoms with Gasteiger partial charge in [0.05, 0.1) is 23.6 Å². The lowest BCUT2D eigenvalue weighted by Crippen LogP contribution is -2.28. The van der Waals surface area contributed by atoms with Crippen LogP contribution in [0, 0.1) is 17.2 Å². The molecule has 0 aromatic heterocycles. The van der Waals surface area contributed by atoms with Gasteiger partial charge in [-0.25, -0.2) is 0 Å². The topological polar surface area (TPSA) is 48.5 Å². The van der Waals surface area contributed by atoms with Gasteiger partial charge in [-0.2, -0.15) is 15.5 Å². The second-order valence-electron chi connectivity index (χ2n) is 4.27. The molecule has 1 aliphatic rings. The summed E-state index contributed by atoms with van der Waals surface area (Å²) in [6.45, 7) is 6.03. The Morgan fingerprint density at radius 3 is 2.33 bits per heavy atom. The average molecular weight is 165 g/mol. The Morgan fingerprint density at radius 1 is 1.33 bits per heavy atom. The van der Waals surface area contributed by atoms with Gasteiger partial charge in [-0.05, 0) is 33.6 Å². The summed E-state index contributed by atoms with van der Waals surface area (Å²) in [6.07, 6.45) is 2.02. The van der Waals surface area contributed by atoms with Crippen LogP contribution in [0.2, 0.25) is 0 Å². The normalized spacial score (nSPS) is 29.8. The fourth-order valence-electron chi connectivity index (χ4n) is 1.02. The van der Waals surface area contributed by atoms with Crippen molar-refractivity contribution < 1.29 is 0 Å². The highest BCUT2D eigenvalue weighted by Gasteiger charge is 2.31. The summed E-state index contributed by atoms with van der Waals surface area (Å²) >= 11 is 0. The van der Waals surface area contributed by atoms with Gasteiger partial charge in [-0.1, -0.05) is 0 Å². The molecule has 0 bridgehead atoms. The number of azo groups is 1. The molecule has 2 unspecified atom stereocenters. The molecule has 0 saturated heterocycles. The van der Waals surface area contributed by atoms with Crippen molar-refractivity contribution in [2.75, 3.05) is 0 Å². The first-order chi connectivity index (χ1) is 5.53. The Morgan fingerprint density at radius 2 is 2.00 bits per heavy atom. The molecule has 2 atom stereocenters. The summed E-state index contributed by atoms with van der Waals surface area (Å²) < 4.78 is 0. The Labute approximate surface area is 73.5 Å². The minimum absolute atomic E-state index is 0.102. The smallest absolute Gasteiger partial charge is 0.0866 e. The van der Waals surface area contributed by atoms with Crippen molar-refractivity contribution in [3.8, 4) is 6.07 Å². The summed E-state index contributed by atoms with van der Waals surface area (Å²) in [5.41, 5.74) is -0.102. The van der Waals surface area contributed by atoms with E-state index in [0.29, 0.717) is 0 Å². The van der Waals surface area contributed by atoms with Crippen LogP contribution in [0.15, 0.2) is 10.2 Å². The van der Waals surface area contributed by atoms with Crippen molar-refractivity contribution in [1.82, 2.24) is 0 Å². The highest BCUT2D eigenvalue weighted by atomic mass is 15.2. The van der Waals surface area contributed by atoms with Crippen molar-refractivity contribution in [3.63, 3.8) is 0 Å². The molecule has 66 valence electrons. The lowest BCUT2D eigenvalue weighted by atomic mass is 9.81. The van der Waals surface area contributed by atoms with Crippen molar-refractivity contribution >= 4 is 0 Å². The Hall–Kier alpha value is -0.910. The van der Waals surface area contributed by atoms with Crippen LogP contribution in [0.1, 0.15) is 33.6 Å². The average Bonchev–Trinajstić information content (AvgIpc) is 1.83. The molecular formula is C9H15N3. The lowest BCUT2D eigenvalue weighted by molar-refractivity contribution is 0.306. The summed E-state index contributed by atoms with van der Waals surface area (Å²) in [5, 5.41) is 16.9. The molecule has 0 aromatic carbocycles. The Kier molecular flexibility index (Phi) is 2.46. The largest absolute Gasteiger partial charge is 0.198 e. The van der Waals surface area contributed by atoms with E-state index < -0.39 is 0 Å². The third-order valence-electron chi connectivity index (χ3n) is 1.91. The van der Waals surface area contributed by atoms with Crippen LogP contribution in [0.4, 0.5) is 0 Å². The Balaban J connectivity index is 2.43. The minimum atomic E-state index is -0.102. The third kappa shape index (κ3) is 2.30. The molecule has 0 amide bonds. The summed E-state index contributed by atoms with van der Waals surface area (Å²) in [5.74, 6) is 0.121. The third-order valence-corrected chi connectivity index (χ3v) is 1.91. The summed E-state index contributed by atoms with van der Waals surface area (Å²) in [7, 11) is 0. The van der Waals surface area contributed by atoms with Gasteiger partial charge < -0.3 is 0 Å². The van der Waals surface area contributed by atoms with Crippen molar-refractivity contribution in [2.24, 2.45) is 16.1 Å². The standard InChI is InChI=1S/C9H15N3/c1-9(2,3)12-11-8-5-4-7(8)6-10/h7-8H,4-5H2,1-3H3. The quantitative estimate of drug-likeness (QED) is 0.551. The van der Waals surface area contributed by atoms with E-state index >= 15 is 0 Å². The molecule has 3 nitrogen and oxygen atoms in total. The van der Waals surface area contributed by atoms with E-state index in [-0.39, 0.29) is 17.5 Å². The van der Waals surface area contributed by atoms with Gasteiger partial charge in [-0.3, -0.25) is 0 Å². The van der Waals surface area contributed by atoms with Crippen LogP contribution in [0.3, 0.4) is 0 Å². The van der Waals surface area contributed by atoms with E-state index in [2.05, 4.69) is 16.3 Å². The van der Waals surface area contributed by atoms with Gasteiger partial charge in [0.1, 0.15) is 0 Å². The number of hydrogen-bond donors (Lipinski definition) is 0. The fraction of sp³-hybridized carbons (Fsp3) is 0.889. The van der Waals surface area contributed by atoms with Gasteiger partial charge in [0.15, 0.2) is 0 Å². The molecule has 0 N–H and O–H groups in total. The predicted molar refractivity (Wildman–Crippen MR) is 46.7 cm³/mol. The van der Waals surface area contributed by atoms with Crippen LogP contribution in [-0.4, -0.2) is 11.6 Å². The zero-order chi connectivity index (χ0) is 9.19. The number of rotatable bonds is 1. The molecular weight excluding hydrogens is 150 g/mol. The highest BCUT2D eigenvalue weighted by molar-refractivity contribution is 4.99. The molecule has 3 heteroatoms. The molecule has 1 saturated carbocycles. The summed E-state index contributed by atoms with van der Waals surface area (Å²) in [6, 6.07) is 2.41. The lowest BCUT2D eigenvalue weighted by Gasteiger charge is -2.27. The van der Waals surface area contributed by atoms with Crippen molar-refractivity contribution in [3.05, 3.63) is 0 Å².